The molecule has 2 heteroatoms. The van der Waals surface area contributed by atoms with E-state index in [2.05, 4.69) is 33.0 Å². The number of rotatable bonds is 5. The largest absolute Gasteiger partial charge is 0.310 e. The Kier molecular flexibility index (Phi) is 4.77. The maximum atomic E-state index is 14.0. The Hall–Kier alpha value is -1.41. The molecule has 0 aliphatic rings. The van der Waals surface area contributed by atoms with Gasteiger partial charge in [0.2, 0.25) is 0 Å². The molecule has 0 saturated heterocycles. The van der Waals surface area contributed by atoms with Gasteiger partial charge in [0.1, 0.15) is 5.82 Å². The summed E-state index contributed by atoms with van der Waals surface area (Å²) in [5.41, 5.74) is 1.20. The second kappa shape index (κ2) is 6.36. The van der Waals surface area contributed by atoms with Gasteiger partial charge in [0.15, 0.2) is 0 Å². The van der Waals surface area contributed by atoms with Crippen molar-refractivity contribution in [2.45, 2.75) is 33.7 Å². The van der Waals surface area contributed by atoms with Gasteiger partial charge in [-0.05, 0) is 35.4 Å². The zero-order chi connectivity index (χ0) is 14.7. The number of hydrogen-bond acceptors (Lipinski definition) is 1. The minimum absolute atomic E-state index is 0.142. The van der Waals surface area contributed by atoms with E-state index < -0.39 is 0 Å². The Morgan fingerprint density at radius 2 is 1.65 bits per heavy atom. The first-order valence-electron chi connectivity index (χ1n) is 7.46. The van der Waals surface area contributed by atoms with Crippen LogP contribution in [0.3, 0.4) is 0 Å². The SMILES string of the molecule is CCNC(c1ccc(F)c2ccccc12)C(C)C(C)C. The summed E-state index contributed by atoms with van der Waals surface area (Å²) in [5.74, 6) is 0.920. The molecule has 0 fully saturated rings. The minimum Gasteiger partial charge on any atom is -0.310 e. The van der Waals surface area contributed by atoms with Crippen molar-refractivity contribution in [3.8, 4) is 0 Å². The number of fused-ring (bicyclic) bond motifs is 1. The molecule has 0 saturated carbocycles. The smallest absolute Gasteiger partial charge is 0.131 e. The van der Waals surface area contributed by atoms with Gasteiger partial charge in [-0.25, -0.2) is 4.39 Å². The quantitative estimate of drug-likeness (QED) is 0.815. The van der Waals surface area contributed by atoms with Crippen molar-refractivity contribution in [3.63, 3.8) is 0 Å². The van der Waals surface area contributed by atoms with Crippen LogP contribution in [-0.2, 0) is 0 Å². The van der Waals surface area contributed by atoms with Crippen molar-refractivity contribution < 1.29 is 4.39 Å². The van der Waals surface area contributed by atoms with E-state index in [1.54, 1.807) is 6.07 Å². The van der Waals surface area contributed by atoms with Crippen LogP contribution in [0.25, 0.3) is 10.8 Å². The summed E-state index contributed by atoms with van der Waals surface area (Å²) in [6.07, 6.45) is 0. The zero-order valence-electron chi connectivity index (χ0n) is 12.8. The van der Waals surface area contributed by atoms with Gasteiger partial charge < -0.3 is 5.32 Å². The van der Waals surface area contributed by atoms with E-state index >= 15 is 0 Å². The van der Waals surface area contributed by atoms with E-state index in [0.717, 1.165) is 11.9 Å². The Bertz CT molecular complexity index is 577. The molecule has 0 heterocycles. The van der Waals surface area contributed by atoms with E-state index in [9.17, 15) is 4.39 Å². The summed E-state index contributed by atoms with van der Waals surface area (Å²) in [6, 6.07) is 11.5. The highest BCUT2D eigenvalue weighted by molar-refractivity contribution is 5.86. The molecular weight excluding hydrogens is 249 g/mol. The molecule has 0 aliphatic heterocycles. The molecule has 0 bridgehead atoms. The summed E-state index contributed by atoms with van der Waals surface area (Å²) in [5, 5.41) is 5.30. The zero-order valence-corrected chi connectivity index (χ0v) is 12.8. The first-order valence-corrected chi connectivity index (χ1v) is 7.46. The summed E-state index contributed by atoms with van der Waals surface area (Å²) < 4.78 is 14.0. The van der Waals surface area contributed by atoms with E-state index in [-0.39, 0.29) is 11.9 Å². The number of benzene rings is 2. The number of nitrogens with one attached hydrogen (secondary N) is 1. The van der Waals surface area contributed by atoms with Gasteiger partial charge in [0, 0.05) is 11.4 Å². The minimum atomic E-state index is -0.142. The van der Waals surface area contributed by atoms with Crippen molar-refractivity contribution in [2.24, 2.45) is 11.8 Å². The van der Waals surface area contributed by atoms with E-state index in [1.807, 2.05) is 30.3 Å². The summed E-state index contributed by atoms with van der Waals surface area (Å²) >= 11 is 0. The Labute approximate surface area is 121 Å². The van der Waals surface area contributed by atoms with Gasteiger partial charge in [-0.1, -0.05) is 58.0 Å². The van der Waals surface area contributed by atoms with Gasteiger partial charge in [-0.15, -0.1) is 0 Å². The second-order valence-corrected chi connectivity index (χ2v) is 5.82. The molecule has 108 valence electrons. The Balaban J connectivity index is 2.56. The van der Waals surface area contributed by atoms with Crippen LogP contribution in [0.5, 0.6) is 0 Å². The van der Waals surface area contributed by atoms with Crippen LogP contribution >= 0.6 is 0 Å². The fourth-order valence-electron chi connectivity index (χ4n) is 2.74. The fourth-order valence-corrected chi connectivity index (χ4v) is 2.74. The first kappa shape index (κ1) is 15.0. The molecule has 1 nitrogen and oxygen atoms in total. The molecule has 0 aliphatic carbocycles. The first-order chi connectivity index (χ1) is 9.56. The lowest BCUT2D eigenvalue weighted by atomic mass is 9.84. The van der Waals surface area contributed by atoms with Gasteiger partial charge >= 0.3 is 0 Å². The van der Waals surface area contributed by atoms with Crippen molar-refractivity contribution >= 4 is 10.8 Å². The van der Waals surface area contributed by atoms with Gasteiger partial charge in [0.25, 0.3) is 0 Å². The standard InChI is InChI=1S/C18H24FN/c1-5-20-18(13(4)12(2)3)16-10-11-17(19)15-9-7-6-8-14(15)16/h6-13,18,20H,5H2,1-4H3. The predicted octanol–water partition coefficient (Wildman–Crippen LogP) is 4.92. The molecule has 2 atom stereocenters. The Morgan fingerprint density at radius 1 is 1.00 bits per heavy atom. The third-order valence-electron chi connectivity index (χ3n) is 4.24. The normalized spacial score (nSPS) is 14.7. The highest BCUT2D eigenvalue weighted by Gasteiger charge is 2.23. The molecular formula is C18H24FN. The third kappa shape index (κ3) is 2.85. The highest BCUT2D eigenvalue weighted by Crippen LogP contribution is 2.33. The van der Waals surface area contributed by atoms with Gasteiger partial charge in [0.05, 0.1) is 0 Å². The van der Waals surface area contributed by atoms with Crippen molar-refractivity contribution in [1.29, 1.82) is 0 Å². The number of hydrogen-bond donors (Lipinski definition) is 1. The maximum Gasteiger partial charge on any atom is 0.131 e. The monoisotopic (exact) mass is 273 g/mol. The van der Waals surface area contributed by atoms with Crippen LogP contribution in [-0.4, -0.2) is 6.54 Å². The van der Waals surface area contributed by atoms with Crippen LogP contribution in [0.15, 0.2) is 36.4 Å². The van der Waals surface area contributed by atoms with Crippen LogP contribution < -0.4 is 5.32 Å². The fraction of sp³-hybridized carbons (Fsp3) is 0.444. The molecule has 0 aromatic heterocycles. The predicted molar refractivity (Wildman–Crippen MR) is 84.3 cm³/mol. The lowest BCUT2D eigenvalue weighted by Crippen LogP contribution is -2.29. The molecule has 0 spiro atoms. The highest BCUT2D eigenvalue weighted by atomic mass is 19.1. The molecule has 20 heavy (non-hydrogen) atoms. The van der Waals surface area contributed by atoms with Crippen molar-refractivity contribution in [2.75, 3.05) is 6.54 Å². The van der Waals surface area contributed by atoms with E-state index in [1.165, 1.54) is 5.56 Å². The summed E-state index contributed by atoms with van der Waals surface area (Å²) in [4.78, 5) is 0. The third-order valence-corrected chi connectivity index (χ3v) is 4.24. The molecule has 0 amide bonds. The average molecular weight is 273 g/mol. The lowest BCUT2D eigenvalue weighted by Gasteiger charge is -2.29. The van der Waals surface area contributed by atoms with E-state index in [0.29, 0.717) is 17.2 Å². The molecule has 0 radical (unpaired) electrons. The summed E-state index contributed by atoms with van der Waals surface area (Å²) in [7, 11) is 0. The topological polar surface area (TPSA) is 12.0 Å². The van der Waals surface area contributed by atoms with Gasteiger partial charge in [-0.3, -0.25) is 0 Å². The second-order valence-electron chi connectivity index (χ2n) is 5.82. The number of halogens is 1. The Morgan fingerprint density at radius 3 is 2.25 bits per heavy atom. The van der Waals surface area contributed by atoms with Crippen LogP contribution in [0.1, 0.15) is 39.3 Å². The molecule has 2 rings (SSSR count). The van der Waals surface area contributed by atoms with Crippen LogP contribution in [0.4, 0.5) is 4.39 Å². The average Bonchev–Trinajstić information content (AvgIpc) is 2.45. The molecule has 1 N–H and O–H groups in total. The van der Waals surface area contributed by atoms with Crippen LogP contribution in [0.2, 0.25) is 0 Å². The van der Waals surface area contributed by atoms with Crippen molar-refractivity contribution in [3.05, 3.63) is 47.8 Å². The molecule has 2 aromatic carbocycles. The summed E-state index contributed by atoms with van der Waals surface area (Å²) in [6.45, 7) is 9.76. The lowest BCUT2D eigenvalue weighted by molar-refractivity contribution is 0.309. The molecule has 2 unspecified atom stereocenters. The van der Waals surface area contributed by atoms with Crippen LogP contribution in [0, 0.1) is 17.7 Å². The van der Waals surface area contributed by atoms with Crippen molar-refractivity contribution in [1.82, 2.24) is 5.32 Å². The maximum absolute atomic E-state index is 14.0. The van der Waals surface area contributed by atoms with E-state index in [4.69, 9.17) is 0 Å². The molecule has 2 aromatic rings. The van der Waals surface area contributed by atoms with Gasteiger partial charge in [-0.2, -0.15) is 0 Å².